The predicted molar refractivity (Wildman–Crippen MR) is 108 cm³/mol. The second kappa shape index (κ2) is 10.6. The maximum atomic E-state index is 12.4. The molecule has 6 nitrogen and oxygen atoms in total. The van der Waals surface area contributed by atoms with E-state index in [0.717, 1.165) is 5.56 Å². The Bertz CT molecular complexity index is 701. The molecular formula is C20H27ClN2O4. The molecule has 0 saturated carbocycles. The summed E-state index contributed by atoms with van der Waals surface area (Å²) in [6.07, 6.45) is 0.649. The summed E-state index contributed by atoms with van der Waals surface area (Å²) in [5, 5.41) is 2.86. The highest BCUT2D eigenvalue weighted by Crippen LogP contribution is 2.27. The van der Waals surface area contributed by atoms with E-state index in [9.17, 15) is 4.79 Å². The Labute approximate surface area is 166 Å². The highest BCUT2D eigenvalue weighted by molar-refractivity contribution is 5.86. The lowest BCUT2D eigenvalue weighted by Crippen LogP contribution is -2.49. The van der Waals surface area contributed by atoms with Gasteiger partial charge in [0.25, 0.3) is 0 Å². The van der Waals surface area contributed by atoms with Crippen LogP contribution < -0.4 is 25.3 Å². The minimum absolute atomic E-state index is 0. The van der Waals surface area contributed by atoms with Crippen LogP contribution in [0, 0.1) is 0 Å². The van der Waals surface area contributed by atoms with Crippen LogP contribution in [0.25, 0.3) is 0 Å². The van der Waals surface area contributed by atoms with Gasteiger partial charge in [0.15, 0.2) is 0 Å². The molecule has 0 aliphatic carbocycles. The van der Waals surface area contributed by atoms with Crippen LogP contribution in [-0.2, 0) is 10.3 Å². The lowest BCUT2D eigenvalue weighted by atomic mass is 9.92. The van der Waals surface area contributed by atoms with E-state index in [4.69, 9.17) is 19.9 Å². The van der Waals surface area contributed by atoms with E-state index >= 15 is 0 Å². The van der Waals surface area contributed by atoms with Crippen LogP contribution in [-0.4, -0.2) is 33.3 Å². The number of nitrogens with one attached hydrogen (secondary N) is 1. The Morgan fingerprint density at radius 1 is 1.04 bits per heavy atom. The number of ether oxygens (including phenoxy) is 3. The fourth-order valence-electron chi connectivity index (χ4n) is 2.43. The average molecular weight is 395 g/mol. The van der Waals surface area contributed by atoms with Gasteiger partial charge >= 0.3 is 0 Å². The number of rotatable bonds is 9. The van der Waals surface area contributed by atoms with E-state index in [2.05, 4.69) is 5.32 Å². The van der Waals surface area contributed by atoms with Crippen LogP contribution >= 0.6 is 12.4 Å². The molecule has 1 amide bonds. The van der Waals surface area contributed by atoms with Crippen LogP contribution in [0.2, 0.25) is 0 Å². The number of carbonyl (C=O) groups is 1. The molecule has 0 bridgehead atoms. The monoisotopic (exact) mass is 394 g/mol. The van der Waals surface area contributed by atoms with Gasteiger partial charge in [0, 0.05) is 24.7 Å². The molecule has 0 radical (unpaired) electrons. The molecule has 7 heteroatoms. The van der Waals surface area contributed by atoms with Crippen molar-refractivity contribution in [3.05, 3.63) is 54.1 Å². The third-order valence-electron chi connectivity index (χ3n) is 4.05. The molecule has 0 saturated heterocycles. The van der Waals surface area contributed by atoms with Gasteiger partial charge in [0.1, 0.15) is 22.8 Å². The summed E-state index contributed by atoms with van der Waals surface area (Å²) < 4.78 is 16.1. The lowest BCUT2D eigenvalue weighted by molar-refractivity contribution is -0.126. The first kappa shape index (κ1) is 22.6. The normalized spacial score (nSPS) is 12.3. The van der Waals surface area contributed by atoms with Crippen molar-refractivity contribution in [2.45, 2.75) is 18.9 Å². The van der Waals surface area contributed by atoms with Crippen molar-refractivity contribution in [3.8, 4) is 17.2 Å². The molecule has 1 atom stereocenters. The first-order chi connectivity index (χ1) is 12.5. The molecular weight excluding hydrogens is 368 g/mol. The van der Waals surface area contributed by atoms with Gasteiger partial charge in [0.2, 0.25) is 5.91 Å². The fourth-order valence-corrected chi connectivity index (χ4v) is 2.43. The highest BCUT2D eigenvalue weighted by Gasteiger charge is 2.29. The van der Waals surface area contributed by atoms with E-state index in [1.165, 1.54) is 0 Å². The molecule has 0 fully saturated rings. The van der Waals surface area contributed by atoms with E-state index in [-0.39, 0.29) is 18.3 Å². The molecule has 2 aromatic carbocycles. The summed E-state index contributed by atoms with van der Waals surface area (Å²) in [6, 6.07) is 14.7. The van der Waals surface area contributed by atoms with Gasteiger partial charge in [-0.25, -0.2) is 0 Å². The van der Waals surface area contributed by atoms with Crippen molar-refractivity contribution in [2.24, 2.45) is 5.73 Å². The predicted octanol–water partition coefficient (Wildman–Crippen LogP) is 2.88. The summed E-state index contributed by atoms with van der Waals surface area (Å²) in [6.45, 7) is 2.62. The largest absolute Gasteiger partial charge is 0.496 e. The van der Waals surface area contributed by atoms with Crippen LogP contribution in [0.15, 0.2) is 48.5 Å². The zero-order chi connectivity index (χ0) is 19.0. The number of methoxy groups -OCH3 is 2. The molecule has 27 heavy (non-hydrogen) atoms. The first-order valence-electron chi connectivity index (χ1n) is 8.46. The van der Waals surface area contributed by atoms with Gasteiger partial charge < -0.3 is 25.3 Å². The van der Waals surface area contributed by atoms with Crippen molar-refractivity contribution in [1.29, 1.82) is 0 Å². The van der Waals surface area contributed by atoms with E-state index < -0.39 is 5.54 Å². The van der Waals surface area contributed by atoms with Crippen LogP contribution in [0.4, 0.5) is 0 Å². The van der Waals surface area contributed by atoms with Gasteiger partial charge in [0.05, 0.1) is 20.8 Å². The van der Waals surface area contributed by atoms with E-state index in [1.807, 2.05) is 30.3 Å². The molecule has 0 aliphatic rings. The minimum atomic E-state index is -1.07. The zero-order valence-corrected chi connectivity index (χ0v) is 16.7. The summed E-state index contributed by atoms with van der Waals surface area (Å²) in [5.74, 6) is 1.76. The lowest BCUT2D eigenvalue weighted by Gasteiger charge is -2.24. The number of benzene rings is 2. The van der Waals surface area contributed by atoms with Gasteiger partial charge in [-0.2, -0.15) is 0 Å². The SMILES string of the molecule is COc1cc(OC)cc(OCCCNC(=O)C(C)(N)c2ccccc2)c1.Cl. The van der Waals surface area contributed by atoms with Crippen LogP contribution in [0.3, 0.4) is 0 Å². The van der Waals surface area contributed by atoms with E-state index in [0.29, 0.717) is 36.8 Å². The van der Waals surface area contributed by atoms with Crippen molar-refractivity contribution < 1.29 is 19.0 Å². The number of amides is 1. The highest BCUT2D eigenvalue weighted by atomic mass is 35.5. The molecule has 2 rings (SSSR count). The van der Waals surface area contributed by atoms with Crippen LogP contribution in [0.1, 0.15) is 18.9 Å². The number of nitrogens with two attached hydrogens (primary N) is 1. The van der Waals surface area contributed by atoms with Gasteiger partial charge in [-0.1, -0.05) is 30.3 Å². The topological polar surface area (TPSA) is 82.8 Å². The summed E-state index contributed by atoms with van der Waals surface area (Å²) in [5.41, 5.74) is 5.89. The van der Waals surface area contributed by atoms with Gasteiger partial charge in [-0.3, -0.25) is 4.79 Å². The Morgan fingerprint density at radius 2 is 1.59 bits per heavy atom. The zero-order valence-electron chi connectivity index (χ0n) is 15.9. The van der Waals surface area contributed by atoms with E-state index in [1.54, 1.807) is 39.3 Å². The average Bonchev–Trinajstić information content (AvgIpc) is 2.67. The number of hydrogen-bond acceptors (Lipinski definition) is 5. The maximum absolute atomic E-state index is 12.4. The maximum Gasteiger partial charge on any atom is 0.244 e. The summed E-state index contributed by atoms with van der Waals surface area (Å²) in [7, 11) is 3.18. The summed E-state index contributed by atoms with van der Waals surface area (Å²) in [4.78, 5) is 12.4. The Kier molecular flexibility index (Phi) is 8.91. The fraction of sp³-hybridized carbons (Fsp3) is 0.350. The number of halogens is 1. The van der Waals surface area contributed by atoms with Crippen LogP contribution in [0.5, 0.6) is 17.2 Å². The minimum Gasteiger partial charge on any atom is -0.496 e. The van der Waals surface area contributed by atoms with Crippen molar-refractivity contribution >= 4 is 18.3 Å². The van der Waals surface area contributed by atoms with Gasteiger partial charge in [-0.05, 0) is 18.9 Å². The molecule has 0 aromatic heterocycles. The Morgan fingerprint density at radius 3 is 2.15 bits per heavy atom. The second-order valence-electron chi connectivity index (χ2n) is 6.07. The smallest absolute Gasteiger partial charge is 0.244 e. The third-order valence-corrected chi connectivity index (χ3v) is 4.05. The third kappa shape index (κ3) is 6.34. The Hall–Kier alpha value is -2.44. The molecule has 1 unspecified atom stereocenters. The van der Waals surface area contributed by atoms with Crippen molar-refractivity contribution in [1.82, 2.24) is 5.32 Å². The number of carbonyl (C=O) groups excluding carboxylic acids is 1. The molecule has 0 spiro atoms. The Balaban J connectivity index is 0.00000364. The molecule has 0 heterocycles. The molecule has 3 N–H and O–H groups in total. The molecule has 148 valence electrons. The quantitative estimate of drug-likeness (QED) is 0.639. The van der Waals surface area contributed by atoms with Gasteiger partial charge in [-0.15, -0.1) is 12.4 Å². The van der Waals surface area contributed by atoms with Crippen molar-refractivity contribution in [2.75, 3.05) is 27.4 Å². The first-order valence-corrected chi connectivity index (χ1v) is 8.46. The second-order valence-corrected chi connectivity index (χ2v) is 6.07. The molecule has 2 aromatic rings. The molecule has 0 aliphatic heterocycles. The summed E-state index contributed by atoms with van der Waals surface area (Å²) >= 11 is 0. The van der Waals surface area contributed by atoms with Crippen molar-refractivity contribution in [3.63, 3.8) is 0 Å². The standard InChI is InChI=1S/C20H26N2O4.ClH/c1-20(21,15-8-5-4-6-9-15)19(23)22-10-7-11-26-18-13-16(24-2)12-17(14-18)25-3;/h4-6,8-9,12-14H,7,10-11,21H2,1-3H3,(H,22,23);1H. The number of hydrogen-bond donors (Lipinski definition) is 2.